The van der Waals surface area contributed by atoms with Crippen molar-refractivity contribution < 1.29 is 0 Å². The Morgan fingerprint density at radius 1 is 0.442 bits per heavy atom. The first-order valence-electron chi connectivity index (χ1n) is 18.3. The predicted octanol–water partition coefficient (Wildman–Crippen LogP) is 13.2. The van der Waals surface area contributed by atoms with Gasteiger partial charge in [-0.1, -0.05) is 176 Å². The topological polar surface area (TPSA) is 12.0 Å². The summed E-state index contributed by atoms with van der Waals surface area (Å²) in [6, 6.07) is 59.8. The van der Waals surface area contributed by atoms with Gasteiger partial charge in [0.2, 0.25) is 0 Å². The fourth-order valence-corrected chi connectivity index (χ4v) is 8.40. The number of nitrogens with one attached hydrogen (secondary N) is 1. The normalized spacial score (nSPS) is 16.0. The average Bonchev–Trinajstić information content (AvgIpc) is 3.23. The number of rotatable bonds is 5. The summed E-state index contributed by atoms with van der Waals surface area (Å²) < 4.78 is 0. The number of benzene rings is 8. The Morgan fingerprint density at radius 3 is 1.88 bits per heavy atom. The van der Waals surface area contributed by atoms with E-state index in [1.165, 1.54) is 87.6 Å². The van der Waals surface area contributed by atoms with E-state index < -0.39 is 0 Å². The highest BCUT2D eigenvalue weighted by atomic mass is 14.9. The molecule has 1 atom stereocenters. The molecular weight excluding hydrogens is 627 g/mol. The molecule has 0 aromatic heterocycles. The molecular formula is C51H37N. The van der Waals surface area contributed by atoms with Crippen molar-refractivity contribution in [3.63, 3.8) is 0 Å². The lowest BCUT2D eigenvalue weighted by molar-refractivity contribution is 0.753. The lowest BCUT2D eigenvalue weighted by atomic mass is 9.85. The molecule has 10 rings (SSSR count). The second kappa shape index (κ2) is 12.7. The minimum atomic E-state index is 0.0631. The molecule has 1 aliphatic heterocycles. The largest absolute Gasteiger partial charge is 0.375 e. The van der Waals surface area contributed by atoms with Gasteiger partial charge in [0.05, 0.1) is 6.04 Å². The van der Waals surface area contributed by atoms with Crippen LogP contribution in [0.4, 0.5) is 0 Å². The molecule has 2 aliphatic rings. The molecule has 0 saturated heterocycles. The number of dihydropyridines is 1. The van der Waals surface area contributed by atoms with Gasteiger partial charge in [-0.05, 0) is 107 Å². The van der Waals surface area contributed by atoms with Gasteiger partial charge in [-0.15, -0.1) is 0 Å². The molecule has 8 aromatic carbocycles. The highest BCUT2D eigenvalue weighted by molar-refractivity contribution is 6.20. The molecule has 1 heteroatoms. The smallest absolute Gasteiger partial charge is 0.0670 e. The fraction of sp³-hybridized carbons (Fsp3) is 0.0588. The molecule has 0 amide bonds. The zero-order chi connectivity index (χ0) is 34.4. The highest BCUT2D eigenvalue weighted by Gasteiger charge is 2.23. The van der Waals surface area contributed by atoms with Crippen molar-refractivity contribution >= 4 is 59.9 Å². The molecule has 0 spiro atoms. The van der Waals surface area contributed by atoms with Crippen molar-refractivity contribution in [2.45, 2.75) is 18.9 Å². The minimum absolute atomic E-state index is 0.0631. The summed E-state index contributed by atoms with van der Waals surface area (Å²) in [6.45, 7) is 0. The Labute approximate surface area is 304 Å². The standard InChI is InChI=1S/C51H37N/c1-2-11-34(12-3-1)45-17-8-9-19-47(45)50-33-42(41-30-25-38-24-29-40-28-23-36-14-5-7-18-46(36)51(40)48(38)31-41)32-49(52-50)39-26-21-37(22-27-39)44-20-10-15-35-13-4-6-16-43(35)44/h1-21,23-26,28-33,49,52H,22,27H2. The van der Waals surface area contributed by atoms with Gasteiger partial charge in [0, 0.05) is 11.3 Å². The van der Waals surface area contributed by atoms with E-state index in [1.54, 1.807) is 0 Å². The van der Waals surface area contributed by atoms with Gasteiger partial charge in [0.15, 0.2) is 0 Å². The van der Waals surface area contributed by atoms with E-state index in [0.717, 1.165) is 18.5 Å². The van der Waals surface area contributed by atoms with Crippen LogP contribution in [0, 0.1) is 0 Å². The lowest BCUT2D eigenvalue weighted by Crippen LogP contribution is -2.31. The minimum Gasteiger partial charge on any atom is -0.375 e. The van der Waals surface area contributed by atoms with Crippen LogP contribution in [-0.4, -0.2) is 6.04 Å². The molecule has 1 nitrogen and oxygen atoms in total. The summed E-state index contributed by atoms with van der Waals surface area (Å²) in [5.41, 5.74) is 11.4. The number of fused-ring (bicyclic) bond motifs is 6. The Morgan fingerprint density at radius 2 is 1.08 bits per heavy atom. The van der Waals surface area contributed by atoms with E-state index in [2.05, 4.69) is 193 Å². The van der Waals surface area contributed by atoms with E-state index in [1.807, 2.05) is 0 Å². The molecule has 0 radical (unpaired) electrons. The van der Waals surface area contributed by atoms with Crippen molar-refractivity contribution in [2.24, 2.45) is 0 Å². The Balaban J connectivity index is 1.12. The maximum Gasteiger partial charge on any atom is 0.0670 e. The first kappa shape index (κ1) is 30.4. The van der Waals surface area contributed by atoms with Crippen molar-refractivity contribution in [3.8, 4) is 11.1 Å². The van der Waals surface area contributed by atoms with E-state index in [4.69, 9.17) is 0 Å². The van der Waals surface area contributed by atoms with Crippen LogP contribution in [0.1, 0.15) is 29.5 Å². The summed E-state index contributed by atoms with van der Waals surface area (Å²) >= 11 is 0. The van der Waals surface area contributed by atoms with Crippen molar-refractivity contribution in [1.29, 1.82) is 0 Å². The summed E-state index contributed by atoms with van der Waals surface area (Å²) in [6.07, 6.45) is 11.6. The molecule has 8 aromatic rings. The van der Waals surface area contributed by atoms with E-state index in [0.29, 0.717) is 0 Å². The molecule has 0 fully saturated rings. The van der Waals surface area contributed by atoms with E-state index in [9.17, 15) is 0 Å². The van der Waals surface area contributed by atoms with E-state index >= 15 is 0 Å². The SMILES string of the molecule is C1=C(c2ccc3ccc4ccc5ccccc5c4c3c2)C=C(c2ccccc2-c2ccccc2)NC1C1=CC=C(c2cccc3ccccc23)CC1. The van der Waals surface area contributed by atoms with Gasteiger partial charge in [0.1, 0.15) is 0 Å². The van der Waals surface area contributed by atoms with Crippen LogP contribution in [0.5, 0.6) is 0 Å². The summed E-state index contributed by atoms with van der Waals surface area (Å²) in [4.78, 5) is 0. The maximum atomic E-state index is 4.01. The van der Waals surface area contributed by atoms with Crippen LogP contribution in [-0.2, 0) is 0 Å². The second-order valence-corrected chi connectivity index (χ2v) is 14.1. The van der Waals surface area contributed by atoms with Crippen LogP contribution in [0.15, 0.2) is 194 Å². The van der Waals surface area contributed by atoms with Gasteiger partial charge >= 0.3 is 0 Å². The zero-order valence-electron chi connectivity index (χ0n) is 28.9. The van der Waals surface area contributed by atoms with Gasteiger partial charge in [-0.3, -0.25) is 0 Å². The lowest BCUT2D eigenvalue weighted by Gasteiger charge is -2.30. The van der Waals surface area contributed by atoms with E-state index in [-0.39, 0.29) is 6.04 Å². The third-order valence-electron chi connectivity index (χ3n) is 11.0. The molecule has 246 valence electrons. The summed E-state index contributed by atoms with van der Waals surface area (Å²) in [5.74, 6) is 0. The van der Waals surface area contributed by atoms with Crippen molar-refractivity contribution in [3.05, 3.63) is 210 Å². The number of hydrogen-bond donors (Lipinski definition) is 1. The van der Waals surface area contributed by atoms with Crippen LogP contribution in [0.3, 0.4) is 0 Å². The second-order valence-electron chi connectivity index (χ2n) is 14.1. The average molecular weight is 664 g/mol. The maximum absolute atomic E-state index is 4.01. The molecule has 0 saturated carbocycles. The third kappa shape index (κ3) is 5.34. The Hall–Kier alpha value is -6.44. The monoisotopic (exact) mass is 663 g/mol. The molecule has 52 heavy (non-hydrogen) atoms. The number of hydrogen-bond acceptors (Lipinski definition) is 1. The molecule has 1 heterocycles. The van der Waals surface area contributed by atoms with Gasteiger partial charge in [-0.25, -0.2) is 0 Å². The van der Waals surface area contributed by atoms with Crippen LogP contribution >= 0.6 is 0 Å². The van der Waals surface area contributed by atoms with Crippen molar-refractivity contribution in [1.82, 2.24) is 5.32 Å². The first-order valence-corrected chi connectivity index (χ1v) is 18.3. The zero-order valence-corrected chi connectivity index (χ0v) is 28.9. The number of allylic oxidation sites excluding steroid dienone is 5. The van der Waals surface area contributed by atoms with Gasteiger partial charge in [0.25, 0.3) is 0 Å². The summed E-state index contributed by atoms with van der Waals surface area (Å²) in [5, 5.41) is 14.4. The van der Waals surface area contributed by atoms with Gasteiger partial charge < -0.3 is 5.32 Å². The molecule has 1 aliphatic carbocycles. The fourth-order valence-electron chi connectivity index (χ4n) is 8.40. The van der Waals surface area contributed by atoms with Gasteiger partial charge in [-0.2, -0.15) is 0 Å². The van der Waals surface area contributed by atoms with Crippen LogP contribution < -0.4 is 5.32 Å². The molecule has 1 N–H and O–H groups in total. The highest BCUT2D eigenvalue weighted by Crippen LogP contribution is 2.39. The Bertz CT molecular complexity index is 2800. The molecule has 1 unspecified atom stereocenters. The quantitative estimate of drug-likeness (QED) is 0.181. The van der Waals surface area contributed by atoms with Crippen LogP contribution in [0.25, 0.3) is 71.1 Å². The molecule has 0 bridgehead atoms. The summed E-state index contributed by atoms with van der Waals surface area (Å²) in [7, 11) is 0. The Kier molecular flexibility index (Phi) is 7.43. The first-order chi connectivity index (χ1) is 25.8. The predicted molar refractivity (Wildman–Crippen MR) is 223 cm³/mol. The van der Waals surface area contributed by atoms with Crippen molar-refractivity contribution in [2.75, 3.05) is 0 Å². The van der Waals surface area contributed by atoms with Crippen LogP contribution in [0.2, 0.25) is 0 Å². The third-order valence-corrected chi connectivity index (χ3v) is 11.0.